The number of likely N-dealkylation sites (N-methyl/N-ethyl adjacent to an activating group) is 1. The third kappa shape index (κ3) is 2.37. The van der Waals surface area contributed by atoms with E-state index in [1.165, 1.54) is 11.0 Å². The minimum Gasteiger partial charge on any atom is -0.280 e. The summed E-state index contributed by atoms with van der Waals surface area (Å²) >= 11 is 0. The third-order valence-electron chi connectivity index (χ3n) is 1.49. The molecular formula is C9H11N3O. The third-order valence-corrected chi connectivity index (χ3v) is 1.49. The van der Waals surface area contributed by atoms with Crippen LogP contribution in [0.5, 0.6) is 0 Å². The number of hydrogen-bond acceptors (Lipinski definition) is 3. The fourth-order valence-corrected chi connectivity index (χ4v) is 0.817. The average molecular weight is 177 g/mol. The molecule has 0 saturated heterocycles. The number of amides is 1. The van der Waals surface area contributed by atoms with Crippen LogP contribution in [0.1, 0.15) is 6.92 Å². The van der Waals surface area contributed by atoms with Gasteiger partial charge in [0.2, 0.25) is 5.95 Å². The molecule has 0 saturated carbocycles. The Morgan fingerprint density at radius 1 is 1.46 bits per heavy atom. The van der Waals surface area contributed by atoms with E-state index in [9.17, 15) is 4.79 Å². The molecule has 1 heterocycles. The monoisotopic (exact) mass is 177 g/mol. The van der Waals surface area contributed by atoms with Crippen LogP contribution in [0.4, 0.5) is 5.95 Å². The van der Waals surface area contributed by atoms with Gasteiger partial charge in [-0.15, -0.1) is 0 Å². The minimum atomic E-state index is -0.131. The Hall–Kier alpha value is -1.71. The molecule has 1 amide bonds. The lowest BCUT2D eigenvalue weighted by atomic mass is 10.4. The molecule has 0 unspecified atom stereocenters. The molecule has 0 aliphatic rings. The van der Waals surface area contributed by atoms with Crippen LogP contribution < -0.4 is 4.90 Å². The first-order valence-corrected chi connectivity index (χ1v) is 3.93. The molecule has 0 aromatic carbocycles. The van der Waals surface area contributed by atoms with Crippen LogP contribution in [-0.4, -0.2) is 22.9 Å². The quantitative estimate of drug-likeness (QED) is 0.633. The molecule has 0 fully saturated rings. The van der Waals surface area contributed by atoms with E-state index in [0.717, 1.165) is 0 Å². The van der Waals surface area contributed by atoms with Gasteiger partial charge in [0.1, 0.15) is 0 Å². The summed E-state index contributed by atoms with van der Waals surface area (Å²) in [6.45, 7) is 1.79. The second-order valence-corrected chi connectivity index (χ2v) is 2.45. The summed E-state index contributed by atoms with van der Waals surface area (Å²) in [6.07, 6.45) is 6.35. The van der Waals surface area contributed by atoms with Gasteiger partial charge < -0.3 is 0 Å². The number of carbonyl (C=O) groups excluding carboxylic acids is 1. The van der Waals surface area contributed by atoms with Crippen LogP contribution in [0.2, 0.25) is 0 Å². The number of nitrogens with zero attached hydrogens (tertiary/aromatic N) is 3. The molecule has 4 nitrogen and oxygen atoms in total. The molecule has 1 aromatic heterocycles. The van der Waals surface area contributed by atoms with Crippen molar-refractivity contribution in [2.24, 2.45) is 0 Å². The average Bonchev–Trinajstić information content (AvgIpc) is 2.18. The number of anilines is 1. The van der Waals surface area contributed by atoms with E-state index in [2.05, 4.69) is 9.97 Å². The van der Waals surface area contributed by atoms with Gasteiger partial charge in [-0.05, 0) is 19.1 Å². The number of rotatable bonds is 2. The van der Waals surface area contributed by atoms with Gasteiger partial charge in [0, 0.05) is 19.4 Å². The van der Waals surface area contributed by atoms with Gasteiger partial charge >= 0.3 is 0 Å². The molecule has 0 aliphatic heterocycles. The molecule has 0 spiro atoms. The van der Waals surface area contributed by atoms with Crippen molar-refractivity contribution in [1.82, 2.24) is 9.97 Å². The van der Waals surface area contributed by atoms with Gasteiger partial charge in [-0.3, -0.25) is 9.69 Å². The molecule has 0 radical (unpaired) electrons. The lowest BCUT2D eigenvalue weighted by Gasteiger charge is -2.11. The Morgan fingerprint density at radius 2 is 2.08 bits per heavy atom. The summed E-state index contributed by atoms with van der Waals surface area (Å²) in [7, 11) is 1.64. The van der Waals surface area contributed by atoms with Crippen molar-refractivity contribution < 1.29 is 4.79 Å². The Morgan fingerprint density at radius 3 is 2.62 bits per heavy atom. The zero-order valence-corrected chi connectivity index (χ0v) is 7.64. The molecule has 13 heavy (non-hydrogen) atoms. The largest absolute Gasteiger partial charge is 0.280 e. The predicted octanol–water partition coefficient (Wildman–Crippen LogP) is 1.02. The number of hydrogen-bond donors (Lipinski definition) is 0. The van der Waals surface area contributed by atoms with Gasteiger partial charge in [0.25, 0.3) is 5.91 Å². The Kier molecular flexibility index (Phi) is 3.14. The fourth-order valence-electron chi connectivity index (χ4n) is 0.817. The van der Waals surface area contributed by atoms with Gasteiger partial charge in [-0.25, -0.2) is 9.97 Å². The van der Waals surface area contributed by atoms with Crippen molar-refractivity contribution in [3.8, 4) is 0 Å². The summed E-state index contributed by atoms with van der Waals surface area (Å²) in [6, 6.07) is 1.71. The van der Waals surface area contributed by atoms with Crippen molar-refractivity contribution in [2.75, 3.05) is 11.9 Å². The fraction of sp³-hybridized carbons (Fsp3) is 0.222. The SMILES string of the molecule is C/C=C/C(=O)N(C)c1ncccn1. The van der Waals surface area contributed by atoms with Gasteiger partial charge in [0.05, 0.1) is 0 Å². The first-order valence-electron chi connectivity index (χ1n) is 3.93. The topological polar surface area (TPSA) is 46.1 Å². The highest BCUT2D eigenvalue weighted by molar-refractivity contribution is 5.99. The van der Waals surface area contributed by atoms with Gasteiger partial charge in [-0.2, -0.15) is 0 Å². The normalized spacial score (nSPS) is 10.3. The summed E-state index contributed by atoms with van der Waals surface area (Å²) in [5.41, 5.74) is 0. The summed E-state index contributed by atoms with van der Waals surface area (Å²) in [5, 5.41) is 0. The smallest absolute Gasteiger partial charge is 0.252 e. The zero-order valence-electron chi connectivity index (χ0n) is 7.64. The predicted molar refractivity (Wildman–Crippen MR) is 50.3 cm³/mol. The van der Waals surface area contributed by atoms with Gasteiger partial charge in [0.15, 0.2) is 0 Å². The maximum absolute atomic E-state index is 11.3. The molecule has 68 valence electrons. The highest BCUT2D eigenvalue weighted by Gasteiger charge is 2.08. The maximum Gasteiger partial charge on any atom is 0.252 e. The Bertz CT molecular complexity index is 308. The minimum absolute atomic E-state index is 0.131. The first kappa shape index (κ1) is 9.38. The molecule has 0 N–H and O–H groups in total. The van der Waals surface area contributed by atoms with E-state index in [1.54, 1.807) is 38.5 Å². The van der Waals surface area contributed by atoms with E-state index in [0.29, 0.717) is 5.95 Å². The van der Waals surface area contributed by atoms with Crippen LogP contribution in [-0.2, 0) is 4.79 Å². The number of aromatic nitrogens is 2. The van der Waals surface area contributed by atoms with Crippen molar-refractivity contribution >= 4 is 11.9 Å². The van der Waals surface area contributed by atoms with Crippen molar-refractivity contribution in [2.45, 2.75) is 6.92 Å². The van der Waals surface area contributed by atoms with Crippen LogP contribution >= 0.6 is 0 Å². The first-order chi connectivity index (χ1) is 6.25. The second kappa shape index (κ2) is 4.35. The summed E-state index contributed by atoms with van der Waals surface area (Å²) in [4.78, 5) is 20.6. The Labute approximate surface area is 76.9 Å². The van der Waals surface area contributed by atoms with E-state index in [1.807, 2.05) is 0 Å². The molecule has 0 bridgehead atoms. The standard InChI is InChI=1S/C9H11N3O/c1-3-5-8(13)12(2)9-10-6-4-7-11-9/h3-7H,1-2H3/b5-3+. The van der Waals surface area contributed by atoms with Crippen LogP contribution in [0.25, 0.3) is 0 Å². The molecule has 1 rings (SSSR count). The lowest BCUT2D eigenvalue weighted by Crippen LogP contribution is -2.25. The highest BCUT2D eigenvalue weighted by Crippen LogP contribution is 2.02. The highest BCUT2D eigenvalue weighted by atomic mass is 16.2. The molecule has 0 aliphatic carbocycles. The van der Waals surface area contributed by atoms with E-state index in [-0.39, 0.29) is 5.91 Å². The van der Waals surface area contributed by atoms with Crippen LogP contribution in [0.3, 0.4) is 0 Å². The lowest BCUT2D eigenvalue weighted by molar-refractivity contribution is -0.114. The number of allylic oxidation sites excluding steroid dienone is 1. The summed E-state index contributed by atoms with van der Waals surface area (Å²) in [5.74, 6) is 0.277. The summed E-state index contributed by atoms with van der Waals surface area (Å²) < 4.78 is 0. The molecule has 1 aromatic rings. The van der Waals surface area contributed by atoms with Crippen LogP contribution in [0, 0.1) is 0 Å². The Balaban J connectivity index is 2.79. The zero-order chi connectivity index (χ0) is 9.68. The van der Waals surface area contributed by atoms with E-state index >= 15 is 0 Å². The molecule has 4 heteroatoms. The van der Waals surface area contributed by atoms with E-state index in [4.69, 9.17) is 0 Å². The van der Waals surface area contributed by atoms with Gasteiger partial charge in [-0.1, -0.05) is 6.08 Å². The maximum atomic E-state index is 11.3. The van der Waals surface area contributed by atoms with Crippen molar-refractivity contribution in [3.63, 3.8) is 0 Å². The van der Waals surface area contributed by atoms with Crippen molar-refractivity contribution in [3.05, 3.63) is 30.6 Å². The van der Waals surface area contributed by atoms with E-state index < -0.39 is 0 Å². The number of carbonyl (C=O) groups is 1. The molecular weight excluding hydrogens is 166 g/mol. The van der Waals surface area contributed by atoms with Crippen LogP contribution in [0.15, 0.2) is 30.6 Å². The van der Waals surface area contributed by atoms with Crippen molar-refractivity contribution in [1.29, 1.82) is 0 Å². The second-order valence-electron chi connectivity index (χ2n) is 2.45. The molecule has 0 atom stereocenters.